The normalized spacial score (nSPS) is 22.6. The van der Waals surface area contributed by atoms with E-state index in [0.717, 1.165) is 12.7 Å². The van der Waals surface area contributed by atoms with Gasteiger partial charge in [0.1, 0.15) is 6.29 Å². The second-order valence-electron chi connectivity index (χ2n) is 3.90. The van der Waals surface area contributed by atoms with Gasteiger partial charge < -0.3 is 9.53 Å². The zero-order valence-corrected chi connectivity index (χ0v) is 9.53. The zero-order valence-electron chi connectivity index (χ0n) is 8.78. The Balaban J connectivity index is 2.22. The number of hydrogen-bond donors (Lipinski definition) is 0. The number of pyridine rings is 1. The number of nitrogens with zero attached hydrogens (tertiary/aromatic N) is 1. The summed E-state index contributed by atoms with van der Waals surface area (Å²) in [4.78, 5) is 14.1. The van der Waals surface area contributed by atoms with E-state index in [4.69, 9.17) is 11.6 Å². The van der Waals surface area contributed by atoms with Crippen molar-refractivity contribution in [2.75, 3.05) is 0 Å². The van der Waals surface area contributed by atoms with Crippen molar-refractivity contribution in [2.45, 2.75) is 25.4 Å². The summed E-state index contributed by atoms with van der Waals surface area (Å²) in [6.45, 7) is -2.93. The molecule has 0 bridgehead atoms. The van der Waals surface area contributed by atoms with Crippen LogP contribution in [0.5, 0.6) is 5.75 Å². The van der Waals surface area contributed by atoms with E-state index in [2.05, 4.69) is 9.72 Å². The van der Waals surface area contributed by atoms with Crippen LogP contribution in [0.2, 0.25) is 5.15 Å². The van der Waals surface area contributed by atoms with Gasteiger partial charge in [0.25, 0.3) is 0 Å². The summed E-state index contributed by atoms with van der Waals surface area (Å²) in [7, 11) is 0. The van der Waals surface area contributed by atoms with Crippen LogP contribution in [0, 0.1) is 5.92 Å². The Morgan fingerprint density at radius 1 is 1.65 bits per heavy atom. The maximum atomic E-state index is 12.2. The van der Waals surface area contributed by atoms with Gasteiger partial charge in [-0.3, -0.25) is 0 Å². The number of ether oxygens (including phenoxy) is 1. The fraction of sp³-hybridized carbons (Fsp3) is 0.455. The first-order chi connectivity index (χ1) is 8.13. The standard InChI is InChI=1S/C11H10ClF2NO2/c12-10-9(17-11(13)14)7(1-3-15-10)8-5-6(8)2-4-16/h1,3-4,6,8,11H,2,5H2. The minimum Gasteiger partial charge on any atom is -0.431 e. The van der Waals surface area contributed by atoms with E-state index in [1.807, 2.05) is 0 Å². The van der Waals surface area contributed by atoms with Crippen molar-refractivity contribution in [3.8, 4) is 5.75 Å². The van der Waals surface area contributed by atoms with E-state index in [1.54, 1.807) is 6.07 Å². The molecule has 0 spiro atoms. The zero-order chi connectivity index (χ0) is 12.4. The molecule has 92 valence electrons. The first-order valence-corrected chi connectivity index (χ1v) is 5.54. The largest absolute Gasteiger partial charge is 0.431 e. The van der Waals surface area contributed by atoms with Crippen LogP contribution < -0.4 is 4.74 Å². The molecule has 0 amide bonds. The highest BCUT2D eigenvalue weighted by Crippen LogP contribution is 2.52. The third-order valence-corrected chi connectivity index (χ3v) is 3.09. The highest BCUT2D eigenvalue weighted by molar-refractivity contribution is 6.30. The van der Waals surface area contributed by atoms with Crippen LogP contribution in [0.3, 0.4) is 0 Å². The average Bonchev–Trinajstić information content (AvgIpc) is 3.00. The second-order valence-corrected chi connectivity index (χ2v) is 4.26. The third-order valence-electron chi connectivity index (χ3n) is 2.82. The van der Waals surface area contributed by atoms with E-state index in [-0.39, 0.29) is 22.7 Å². The number of aromatic nitrogens is 1. The predicted molar refractivity (Wildman–Crippen MR) is 57.4 cm³/mol. The number of alkyl halides is 2. The van der Waals surface area contributed by atoms with Gasteiger partial charge in [-0.15, -0.1) is 0 Å². The molecule has 1 fully saturated rings. The summed E-state index contributed by atoms with van der Waals surface area (Å²) in [5.74, 6) is 0.197. The van der Waals surface area contributed by atoms with Crippen LogP contribution in [0.15, 0.2) is 12.3 Å². The smallest absolute Gasteiger partial charge is 0.387 e. The molecule has 0 aliphatic heterocycles. The van der Waals surface area contributed by atoms with Gasteiger partial charge in [-0.1, -0.05) is 11.6 Å². The molecule has 3 nitrogen and oxygen atoms in total. The number of carbonyl (C=O) groups is 1. The van der Waals surface area contributed by atoms with Crippen LogP contribution in [0.25, 0.3) is 0 Å². The lowest BCUT2D eigenvalue weighted by Gasteiger charge is -2.11. The van der Waals surface area contributed by atoms with Crippen LogP contribution in [-0.2, 0) is 4.79 Å². The van der Waals surface area contributed by atoms with Crippen LogP contribution >= 0.6 is 11.6 Å². The number of hydrogen-bond acceptors (Lipinski definition) is 3. The molecular formula is C11H10ClF2NO2. The molecule has 0 radical (unpaired) electrons. The Morgan fingerprint density at radius 2 is 2.41 bits per heavy atom. The number of aldehydes is 1. The minimum absolute atomic E-state index is 0.0643. The van der Waals surface area contributed by atoms with Gasteiger partial charge in [0.2, 0.25) is 0 Å². The number of halogens is 3. The fourth-order valence-corrected chi connectivity index (χ4v) is 2.16. The molecular weight excluding hydrogens is 252 g/mol. The van der Waals surface area contributed by atoms with Crippen LogP contribution in [-0.4, -0.2) is 17.9 Å². The number of rotatable bonds is 5. The maximum Gasteiger partial charge on any atom is 0.387 e. The lowest BCUT2D eigenvalue weighted by atomic mass is 10.1. The SMILES string of the molecule is O=CCC1CC1c1ccnc(Cl)c1OC(F)F. The maximum absolute atomic E-state index is 12.2. The van der Waals surface area contributed by atoms with Crippen LogP contribution in [0.4, 0.5) is 8.78 Å². The third kappa shape index (κ3) is 2.72. The molecule has 2 unspecified atom stereocenters. The molecule has 1 aromatic heterocycles. The highest BCUT2D eigenvalue weighted by atomic mass is 35.5. The molecule has 0 saturated heterocycles. The molecule has 1 aliphatic rings. The highest BCUT2D eigenvalue weighted by Gasteiger charge is 2.40. The molecule has 1 aromatic rings. The fourth-order valence-electron chi connectivity index (χ4n) is 1.95. The lowest BCUT2D eigenvalue weighted by molar-refractivity contribution is -0.108. The first-order valence-electron chi connectivity index (χ1n) is 5.16. The summed E-state index contributed by atoms with van der Waals surface area (Å²) < 4.78 is 28.9. The molecule has 1 saturated carbocycles. The van der Waals surface area contributed by atoms with Gasteiger partial charge in [0.15, 0.2) is 10.9 Å². The Bertz CT molecular complexity index is 428. The Morgan fingerprint density at radius 3 is 3.06 bits per heavy atom. The van der Waals surface area contributed by atoms with Gasteiger partial charge in [0, 0.05) is 18.2 Å². The molecule has 17 heavy (non-hydrogen) atoms. The summed E-state index contributed by atoms with van der Waals surface area (Å²) in [5, 5.41) is -0.0699. The Kier molecular flexibility index (Phi) is 3.57. The monoisotopic (exact) mass is 261 g/mol. The molecule has 2 rings (SSSR count). The van der Waals surface area contributed by atoms with E-state index >= 15 is 0 Å². The molecule has 6 heteroatoms. The summed E-state index contributed by atoms with van der Waals surface area (Å²) in [6, 6.07) is 1.61. The van der Waals surface area contributed by atoms with Crippen LogP contribution in [0.1, 0.15) is 24.3 Å². The van der Waals surface area contributed by atoms with Gasteiger partial charge in [-0.2, -0.15) is 8.78 Å². The lowest BCUT2D eigenvalue weighted by Crippen LogP contribution is -2.05. The predicted octanol–water partition coefficient (Wildman–Crippen LogP) is 3.03. The van der Waals surface area contributed by atoms with Crippen molar-refractivity contribution in [1.29, 1.82) is 0 Å². The minimum atomic E-state index is -2.93. The van der Waals surface area contributed by atoms with Crippen molar-refractivity contribution in [3.63, 3.8) is 0 Å². The van der Waals surface area contributed by atoms with Crippen molar-refractivity contribution in [2.24, 2.45) is 5.92 Å². The Hall–Kier alpha value is -1.23. The quantitative estimate of drug-likeness (QED) is 0.604. The van der Waals surface area contributed by atoms with E-state index in [9.17, 15) is 13.6 Å². The van der Waals surface area contributed by atoms with Gasteiger partial charge in [-0.25, -0.2) is 4.98 Å². The molecule has 2 atom stereocenters. The van der Waals surface area contributed by atoms with Gasteiger partial charge >= 0.3 is 6.61 Å². The van der Waals surface area contributed by atoms with Crippen molar-refractivity contribution in [1.82, 2.24) is 4.98 Å². The topological polar surface area (TPSA) is 39.2 Å². The molecule has 1 aliphatic carbocycles. The molecule has 0 N–H and O–H groups in total. The second kappa shape index (κ2) is 4.96. The van der Waals surface area contributed by atoms with E-state index < -0.39 is 6.61 Å². The summed E-state index contributed by atoms with van der Waals surface area (Å²) in [5.41, 5.74) is 0.608. The molecule has 1 heterocycles. The number of carbonyl (C=O) groups excluding carboxylic acids is 1. The van der Waals surface area contributed by atoms with E-state index in [0.29, 0.717) is 12.0 Å². The van der Waals surface area contributed by atoms with Crippen molar-refractivity contribution in [3.05, 3.63) is 23.0 Å². The summed E-state index contributed by atoms with van der Waals surface area (Å²) >= 11 is 5.73. The van der Waals surface area contributed by atoms with Gasteiger partial charge in [0.05, 0.1) is 0 Å². The van der Waals surface area contributed by atoms with Gasteiger partial charge in [-0.05, 0) is 24.3 Å². The first kappa shape index (κ1) is 12.2. The van der Waals surface area contributed by atoms with Crippen molar-refractivity contribution >= 4 is 17.9 Å². The Labute approximate surface area is 102 Å². The average molecular weight is 262 g/mol. The van der Waals surface area contributed by atoms with Crippen molar-refractivity contribution < 1.29 is 18.3 Å². The molecule has 0 aromatic carbocycles. The summed E-state index contributed by atoms with van der Waals surface area (Å²) in [6.07, 6.45) is 3.50. The van der Waals surface area contributed by atoms with E-state index in [1.165, 1.54) is 6.20 Å².